The number of furan rings is 1. The number of hydrogen-bond donors (Lipinski definition) is 2. The molecule has 172 valence electrons. The van der Waals surface area contributed by atoms with Gasteiger partial charge < -0.3 is 14.9 Å². The van der Waals surface area contributed by atoms with Gasteiger partial charge in [-0.25, -0.2) is 9.59 Å². The highest BCUT2D eigenvalue weighted by atomic mass is 16.5. The first kappa shape index (κ1) is 22.1. The Hall–Kier alpha value is -4.08. The van der Waals surface area contributed by atoms with Gasteiger partial charge in [0.15, 0.2) is 5.69 Å². The summed E-state index contributed by atoms with van der Waals surface area (Å²) in [6, 6.07) is 10.1. The fraction of sp³-hybridized carbons (Fsp3) is 0.304. The van der Waals surface area contributed by atoms with E-state index in [1.807, 2.05) is 6.92 Å². The second-order valence-corrected chi connectivity index (χ2v) is 7.74. The molecule has 10 nitrogen and oxygen atoms in total. The zero-order valence-corrected chi connectivity index (χ0v) is 18.1. The number of rotatable bonds is 8. The standard InChI is InChI=1S/C23H24N4O6/c1-2-3-10-26-20(24)19(21(29)25-23(26)31)27(13-14-7-6-11-32-14)18(28)12-17-15-8-4-5-9-16(15)22(30)33-17/h4-9,11,17H,2-3,10,12-13,24H2,1H3,(H,25,29,31). The Morgan fingerprint density at radius 1 is 1.18 bits per heavy atom. The van der Waals surface area contributed by atoms with Gasteiger partial charge in [-0.05, 0) is 24.6 Å². The lowest BCUT2D eigenvalue weighted by atomic mass is 10.0. The summed E-state index contributed by atoms with van der Waals surface area (Å²) < 4.78 is 12.0. The highest BCUT2D eigenvalue weighted by molar-refractivity contribution is 5.98. The third-order valence-electron chi connectivity index (χ3n) is 5.55. The Morgan fingerprint density at radius 3 is 2.70 bits per heavy atom. The second-order valence-electron chi connectivity index (χ2n) is 7.74. The topological polar surface area (TPSA) is 141 Å². The summed E-state index contributed by atoms with van der Waals surface area (Å²) in [5.74, 6) is -0.719. The molecule has 1 aliphatic heterocycles. The summed E-state index contributed by atoms with van der Waals surface area (Å²) in [5.41, 5.74) is 5.66. The zero-order chi connectivity index (χ0) is 23.5. The number of nitrogens with zero attached hydrogens (tertiary/aromatic N) is 2. The quantitative estimate of drug-likeness (QED) is 0.500. The van der Waals surface area contributed by atoms with Crippen LogP contribution in [0.3, 0.4) is 0 Å². The Bertz CT molecular complexity index is 1290. The molecule has 10 heteroatoms. The number of fused-ring (bicyclic) bond motifs is 1. The highest BCUT2D eigenvalue weighted by Crippen LogP contribution is 2.34. The van der Waals surface area contributed by atoms with Gasteiger partial charge in [0.2, 0.25) is 5.91 Å². The van der Waals surface area contributed by atoms with Crippen LogP contribution in [0.15, 0.2) is 56.7 Å². The van der Waals surface area contributed by atoms with E-state index in [2.05, 4.69) is 4.98 Å². The van der Waals surface area contributed by atoms with Crippen molar-refractivity contribution in [2.75, 3.05) is 10.6 Å². The number of hydrogen-bond acceptors (Lipinski definition) is 7. The molecule has 1 unspecified atom stereocenters. The number of carbonyl (C=O) groups excluding carboxylic acids is 2. The maximum atomic E-state index is 13.5. The van der Waals surface area contributed by atoms with Gasteiger partial charge in [0.1, 0.15) is 17.7 Å². The van der Waals surface area contributed by atoms with Crippen LogP contribution < -0.4 is 21.9 Å². The molecule has 33 heavy (non-hydrogen) atoms. The van der Waals surface area contributed by atoms with Crippen LogP contribution in [0.25, 0.3) is 0 Å². The van der Waals surface area contributed by atoms with Crippen molar-refractivity contribution < 1.29 is 18.7 Å². The predicted octanol–water partition coefficient (Wildman–Crippen LogP) is 2.35. The summed E-state index contributed by atoms with van der Waals surface area (Å²) in [4.78, 5) is 54.2. The number of ether oxygens (including phenoxy) is 1. The van der Waals surface area contributed by atoms with E-state index < -0.39 is 29.2 Å². The van der Waals surface area contributed by atoms with Crippen molar-refractivity contribution in [2.24, 2.45) is 0 Å². The SMILES string of the molecule is CCCCn1c(N)c(N(Cc2ccco2)C(=O)CC2OC(=O)c3ccccc32)c(=O)[nH]c1=O. The van der Waals surface area contributed by atoms with Crippen LogP contribution in [0.4, 0.5) is 11.5 Å². The molecule has 3 N–H and O–H groups in total. The molecular weight excluding hydrogens is 428 g/mol. The van der Waals surface area contributed by atoms with Gasteiger partial charge in [-0.2, -0.15) is 0 Å². The fourth-order valence-corrected chi connectivity index (χ4v) is 3.87. The summed E-state index contributed by atoms with van der Waals surface area (Å²) in [6.45, 7) is 2.16. The molecule has 0 radical (unpaired) electrons. The van der Waals surface area contributed by atoms with E-state index in [1.54, 1.807) is 36.4 Å². The molecule has 0 aliphatic carbocycles. The Labute approximate surface area is 188 Å². The van der Waals surface area contributed by atoms with Crippen molar-refractivity contribution >= 4 is 23.4 Å². The van der Waals surface area contributed by atoms with E-state index >= 15 is 0 Å². The third kappa shape index (κ3) is 4.32. The molecule has 0 saturated carbocycles. The number of H-pyrrole nitrogens is 1. The molecule has 1 aromatic carbocycles. The number of benzene rings is 1. The van der Waals surface area contributed by atoms with Crippen LogP contribution >= 0.6 is 0 Å². The minimum atomic E-state index is -0.799. The molecular formula is C23H24N4O6. The molecule has 2 aromatic heterocycles. The van der Waals surface area contributed by atoms with Gasteiger partial charge in [0.25, 0.3) is 5.56 Å². The van der Waals surface area contributed by atoms with Gasteiger partial charge in [-0.3, -0.25) is 24.0 Å². The number of unbranched alkanes of at least 4 members (excludes halogenated alkanes) is 1. The van der Waals surface area contributed by atoms with Crippen LogP contribution in [-0.2, 0) is 22.6 Å². The molecule has 0 spiro atoms. The molecule has 1 amide bonds. The van der Waals surface area contributed by atoms with Crippen molar-refractivity contribution in [1.29, 1.82) is 0 Å². The zero-order valence-electron chi connectivity index (χ0n) is 18.1. The number of aromatic nitrogens is 2. The van der Waals surface area contributed by atoms with Crippen molar-refractivity contribution in [3.05, 3.63) is 80.4 Å². The fourth-order valence-electron chi connectivity index (χ4n) is 3.87. The molecule has 4 rings (SSSR count). The number of nitrogens with one attached hydrogen (secondary N) is 1. The molecule has 0 bridgehead atoms. The van der Waals surface area contributed by atoms with Gasteiger partial charge in [0.05, 0.1) is 24.8 Å². The summed E-state index contributed by atoms with van der Waals surface area (Å²) in [7, 11) is 0. The second kappa shape index (κ2) is 9.19. The largest absolute Gasteiger partial charge is 0.467 e. The normalized spacial score (nSPS) is 14.7. The van der Waals surface area contributed by atoms with E-state index in [1.165, 1.54) is 15.7 Å². The van der Waals surface area contributed by atoms with Gasteiger partial charge in [0, 0.05) is 12.1 Å². The molecule has 0 fully saturated rings. The van der Waals surface area contributed by atoms with Crippen molar-refractivity contribution in [3.63, 3.8) is 0 Å². The number of anilines is 2. The number of cyclic esters (lactones) is 1. The van der Waals surface area contributed by atoms with Gasteiger partial charge in [-0.1, -0.05) is 31.5 Å². The summed E-state index contributed by atoms with van der Waals surface area (Å²) in [5, 5.41) is 0. The smallest absolute Gasteiger partial charge is 0.339 e. The predicted molar refractivity (Wildman–Crippen MR) is 120 cm³/mol. The average molecular weight is 452 g/mol. The molecule has 3 heterocycles. The Balaban J connectivity index is 1.72. The van der Waals surface area contributed by atoms with E-state index in [0.717, 1.165) is 6.42 Å². The lowest BCUT2D eigenvalue weighted by Crippen LogP contribution is -2.41. The third-order valence-corrected chi connectivity index (χ3v) is 5.55. The van der Waals surface area contributed by atoms with Crippen LogP contribution in [0.5, 0.6) is 0 Å². The van der Waals surface area contributed by atoms with E-state index in [0.29, 0.717) is 29.9 Å². The van der Waals surface area contributed by atoms with E-state index in [-0.39, 0.29) is 24.5 Å². The first-order valence-electron chi connectivity index (χ1n) is 10.7. The summed E-state index contributed by atoms with van der Waals surface area (Å²) in [6.07, 6.45) is 1.91. The van der Waals surface area contributed by atoms with Gasteiger partial charge >= 0.3 is 11.7 Å². The maximum absolute atomic E-state index is 13.5. The van der Waals surface area contributed by atoms with Gasteiger partial charge in [-0.15, -0.1) is 0 Å². The van der Waals surface area contributed by atoms with Crippen LogP contribution in [0, 0.1) is 0 Å². The Kier molecular flexibility index (Phi) is 6.16. The van der Waals surface area contributed by atoms with Crippen molar-refractivity contribution in [2.45, 2.75) is 45.4 Å². The number of carbonyl (C=O) groups is 2. The average Bonchev–Trinajstić information content (AvgIpc) is 3.41. The number of aromatic amines is 1. The number of amides is 1. The van der Waals surface area contributed by atoms with Crippen molar-refractivity contribution in [3.8, 4) is 0 Å². The van der Waals surface area contributed by atoms with Crippen LogP contribution in [-0.4, -0.2) is 21.4 Å². The Morgan fingerprint density at radius 2 is 1.97 bits per heavy atom. The molecule has 0 saturated heterocycles. The minimum absolute atomic E-state index is 0.0899. The minimum Gasteiger partial charge on any atom is -0.467 e. The molecule has 1 atom stereocenters. The van der Waals surface area contributed by atoms with E-state index in [9.17, 15) is 19.2 Å². The van der Waals surface area contributed by atoms with Crippen LogP contribution in [0.1, 0.15) is 54.0 Å². The lowest BCUT2D eigenvalue weighted by molar-refractivity contribution is -0.120. The van der Waals surface area contributed by atoms with Crippen molar-refractivity contribution in [1.82, 2.24) is 9.55 Å². The lowest BCUT2D eigenvalue weighted by Gasteiger charge is -2.25. The first-order chi connectivity index (χ1) is 15.9. The monoisotopic (exact) mass is 452 g/mol. The van der Waals surface area contributed by atoms with Crippen LogP contribution in [0.2, 0.25) is 0 Å². The number of nitrogen functional groups attached to an aromatic ring is 1. The number of esters is 1. The van der Waals surface area contributed by atoms with E-state index in [4.69, 9.17) is 14.9 Å². The number of nitrogens with two attached hydrogens (primary N) is 1. The first-order valence-corrected chi connectivity index (χ1v) is 10.7. The summed E-state index contributed by atoms with van der Waals surface area (Å²) >= 11 is 0. The maximum Gasteiger partial charge on any atom is 0.339 e. The highest BCUT2D eigenvalue weighted by Gasteiger charge is 2.35. The molecule has 3 aromatic rings. The molecule has 1 aliphatic rings.